The molecule has 6 heteroatoms. The minimum Gasteiger partial charge on any atom is -0.383 e. The summed E-state index contributed by atoms with van der Waals surface area (Å²) in [6, 6.07) is 7.61. The van der Waals surface area contributed by atoms with Gasteiger partial charge < -0.3 is 15.7 Å². The molecule has 0 saturated carbocycles. The van der Waals surface area contributed by atoms with E-state index in [0.29, 0.717) is 0 Å². The number of urea groups is 1. The molecule has 0 fully saturated rings. The summed E-state index contributed by atoms with van der Waals surface area (Å²) < 4.78 is 0. The minimum absolute atomic E-state index is 0.0512. The molecule has 21 heavy (non-hydrogen) atoms. The summed E-state index contributed by atoms with van der Waals surface area (Å²) in [5.41, 5.74) is -1.04. The summed E-state index contributed by atoms with van der Waals surface area (Å²) >= 11 is 3.16. The smallest absolute Gasteiger partial charge is 0.315 e. The summed E-state index contributed by atoms with van der Waals surface area (Å²) in [5.74, 6) is 0. The molecule has 0 aromatic carbocycles. The van der Waals surface area contributed by atoms with Crippen molar-refractivity contribution in [3.63, 3.8) is 0 Å². The topological polar surface area (TPSA) is 61.4 Å². The first-order valence-electron chi connectivity index (χ1n) is 6.80. The highest BCUT2D eigenvalue weighted by Gasteiger charge is 2.25. The number of thiophene rings is 2. The predicted molar refractivity (Wildman–Crippen MR) is 87.9 cm³/mol. The number of carbonyl (C=O) groups excluding carboxylic acids is 1. The van der Waals surface area contributed by atoms with Crippen molar-refractivity contribution in [3.05, 3.63) is 44.8 Å². The van der Waals surface area contributed by atoms with Gasteiger partial charge in [-0.25, -0.2) is 4.79 Å². The summed E-state index contributed by atoms with van der Waals surface area (Å²) in [5, 5.41) is 19.9. The van der Waals surface area contributed by atoms with Gasteiger partial charge in [-0.1, -0.05) is 12.1 Å². The molecule has 2 atom stereocenters. The van der Waals surface area contributed by atoms with Gasteiger partial charge in [0.15, 0.2) is 0 Å². The lowest BCUT2D eigenvalue weighted by Crippen LogP contribution is -2.46. The highest BCUT2D eigenvalue weighted by Crippen LogP contribution is 2.24. The molecule has 0 radical (unpaired) electrons. The van der Waals surface area contributed by atoms with Crippen molar-refractivity contribution < 1.29 is 9.90 Å². The van der Waals surface area contributed by atoms with Crippen LogP contribution in [0, 0.1) is 0 Å². The lowest BCUT2D eigenvalue weighted by atomic mass is 10.1. The van der Waals surface area contributed by atoms with E-state index in [1.807, 2.05) is 35.9 Å². The van der Waals surface area contributed by atoms with Gasteiger partial charge >= 0.3 is 6.03 Å². The molecule has 0 aliphatic heterocycles. The van der Waals surface area contributed by atoms with Crippen LogP contribution >= 0.6 is 22.7 Å². The average Bonchev–Trinajstić information content (AvgIpc) is 3.09. The van der Waals surface area contributed by atoms with Crippen LogP contribution in [0.15, 0.2) is 35.0 Å². The van der Waals surface area contributed by atoms with Gasteiger partial charge in [0.1, 0.15) is 5.60 Å². The number of rotatable bonds is 6. The van der Waals surface area contributed by atoms with Crippen molar-refractivity contribution in [2.24, 2.45) is 0 Å². The zero-order valence-corrected chi connectivity index (χ0v) is 13.8. The van der Waals surface area contributed by atoms with Crippen molar-refractivity contribution in [3.8, 4) is 0 Å². The molecule has 3 N–H and O–H groups in total. The van der Waals surface area contributed by atoms with Crippen LogP contribution < -0.4 is 10.6 Å². The molecule has 2 aromatic rings. The van der Waals surface area contributed by atoms with E-state index < -0.39 is 5.60 Å². The molecule has 2 rings (SSSR count). The fourth-order valence-corrected chi connectivity index (χ4v) is 3.60. The Morgan fingerprint density at radius 3 is 2.67 bits per heavy atom. The Labute approximate surface area is 132 Å². The third kappa shape index (κ3) is 4.84. The largest absolute Gasteiger partial charge is 0.383 e. The molecule has 0 aliphatic carbocycles. The van der Waals surface area contributed by atoms with E-state index in [-0.39, 0.29) is 18.6 Å². The van der Waals surface area contributed by atoms with Crippen molar-refractivity contribution >= 4 is 28.7 Å². The van der Waals surface area contributed by atoms with Crippen LogP contribution in [0.25, 0.3) is 0 Å². The molecule has 0 bridgehead atoms. The zero-order valence-electron chi connectivity index (χ0n) is 12.1. The normalized spacial score (nSPS) is 15.2. The van der Waals surface area contributed by atoms with E-state index in [1.165, 1.54) is 16.2 Å². The van der Waals surface area contributed by atoms with Crippen LogP contribution in [0.4, 0.5) is 4.79 Å². The third-order valence-electron chi connectivity index (χ3n) is 3.11. The molecule has 0 saturated heterocycles. The number of nitrogens with one attached hydrogen (secondary N) is 2. The maximum atomic E-state index is 11.9. The molecular weight excluding hydrogens is 304 g/mol. The maximum absolute atomic E-state index is 11.9. The molecule has 0 unspecified atom stereocenters. The van der Waals surface area contributed by atoms with Gasteiger partial charge in [0.25, 0.3) is 0 Å². The molecule has 0 aliphatic rings. The zero-order chi connectivity index (χ0) is 15.3. The highest BCUT2D eigenvalue weighted by molar-refractivity contribution is 7.10. The minimum atomic E-state index is -1.04. The van der Waals surface area contributed by atoms with Crippen molar-refractivity contribution in [1.29, 1.82) is 0 Å². The number of amides is 2. The second kappa shape index (κ2) is 7.06. The van der Waals surface area contributed by atoms with Crippen LogP contribution in [-0.2, 0) is 12.0 Å². The van der Waals surface area contributed by atoms with Gasteiger partial charge in [-0.15, -0.1) is 22.7 Å². The molecule has 2 aromatic heterocycles. The van der Waals surface area contributed by atoms with Crippen molar-refractivity contribution in [1.82, 2.24) is 10.6 Å². The number of hydrogen-bond donors (Lipinski definition) is 3. The van der Waals surface area contributed by atoms with Gasteiger partial charge in [-0.2, -0.15) is 0 Å². The number of aliphatic hydroxyl groups is 1. The Morgan fingerprint density at radius 2 is 2.05 bits per heavy atom. The first-order valence-corrected chi connectivity index (χ1v) is 8.56. The molecule has 4 nitrogen and oxygen atoms in total. The van der Waals surface area contributed by atoms with E-state index in [9.17, 15) is 9.90 Å². The molecule has 2 heterocycles. The summed E-state index contributed by atoms with van der Waals surface area (Å²) in [4.78, 5) is 14.0. The van der Waals surface area contributed by atoms with Crippen molar-refractivity contribution in [2.75, 3.05) is 6.54 Å². The lowest BCUT2D eigenvalue weighted by molar-refractivity contribution is 0.0630. The van der Waals surface area contributed by atoms with Crippen LogP contribution in [0.2, 0.25) is 0 Å². The SMILES string of the molecule is C[C@H](Cc1cccs1)NC(=O)NC[C@](C)(O)c1cccs1. The molecule has 0 spiro atoms. The summed E-state index contributed by atoms with van der Waals surface area (Å²) in [7, 11) is 0. The second-order valence-corrected chi connectivity index (χ2v) is 7.24. The van der Waals surface area contributed by atoms with Crippen LogP contribution in [0.5, 0.6) is 0 Å². The molecular formula is C15H20N2O2S2. The number of hydrogen-bond acceptors (Lipinski definition) is 4. The van der Waals surface area contributed by atoms with Gasteiger partial charge in [0.05, 0.1) is 6.54 Å². The fourth-order valence-electron chi connectivity index (χ4n) is 1.98. The Bertz CT molecular complexity index is 550. The van der Waals surface area contributed by atoms with Gasteiger partial charge in [-0.05, 0) is 36.7 Å². The van der Waals surface area contributed by atoms with Crippen LogP contribution in [0.3, 0.4) is 0 Å². The van der Waals surface area contributed by atoms with Gasteiger partial charge in [0.2, 0.25) is 0 Å². The maximum Gasteiger partial charge on any atom is 0.315 e. The Morgan fingerprint density at radius 1 is 1.33 bits per heavy atom. The van der Waals surface area contributed by atoms with Gasteiger partial charge in [0, 0.05) is 22.2 Å². The van der Waals surface area contributed by atoms with E-state index in [2.05, 4.69) is 16.7 Å². The van der Waals surface area contributed by atoms with E-state index in [0.717, 1.165) is 11.3 Å². The highest BCUT2D eigenvalue weighted by atomic mass is 32.1. The Kier molecular flexibility index (Phi) is 5.39. The Hall–Kier alpha value is -1.37. The van der Waals surface area contributed by atoms with E-state index in [1.54, 1.807) is 18.3 Å². The fraction of sp³-hybridized carbons (Fsp3) is 0.400. The standard InChI is InChI=1S/C15H20N2O2S2/c1-11(9-12-5-3-7-20-12)17-14(18)16-10-15(2,19)13-6-4-8-21-13/h3-8,11,19H,9-10H2,1-2H3,(H2,16,17,18)/t11-,15+/m1/s1. The number of carbonyl (C=O) groups is 1. The second-order valence-electron chi connectivity index (χ2n) is 5.26. The van der Waals surface area contributed by atoms with Crippen LogP contribution in [0.1, 0.15) is 23.6 Å². The molecule has 114 valence electrons. The predicted octanol–water partition coefficient (Wildman–Crippen LogP) is 2.95. The third-order valence-corrected chi connectivity index (χ3v) is 5.13. The van der Waals surface area contributed by atoms with E-state index in [4.69, 9.17) is 0 Å². The first kappa shape index (κ1) is 16.0. The first-order chi connectivity index (χ1) is 9.97. The quantitative estimate of drug-likeness (QED) is 0.765. The monoisotopic (exact) mass is 324 g/mol. The van der Waals surface area contributed by atoms with Gasteiger partial charge in [-0.3, -0.25) is 0 Å². The summed E-state index contributed by atoms with van der Waals surface area (Å²) in [6.07, 6.45) is 0.812. The van der Waals surface area contributed by atoms with Crippen molar-refractivity contribution in [2.45, 2.75) is 31.9 Å². The molecule has 2 amide bonds. The Balaban J connectivity index is 1.77. The van der Waals surface area contributed by atoms with Crippen LogP contribution in [-0.4, -0.2) is 23.7 Å². The average molecular weight is 324 g/mol. The summed E-state index contributed by atoms with van der Waals surface area (Å²) in [6.45, 7) is 3.86. The lowest BCUT2D eigenvalue weighted by Gasteiger charge is -2.23. The van der Waals surface area contributed by atoms with E-state index >= 15 is 0 Å².